The first-order chi connectivity index (χ1) is 14.3. The van der Waals surface area contributed by atoms with Gasteiger partial charge >= 0.3 is 0 Å². The lowest BCUT2D eigenvalue weighted by Gasteiger charge is -2.38. The van der Waals surface area contributed by atoms with Crippen molar-refractivity contribution in [2.75, 3.05) is 13.3 Å². The number of benzene rings is 1. The van der Waals surface area contributed by atoms with Crippen LogP contribution in [0.2, 0.25) is 5.02 Å². The van der Waals surface area contributed by atoms with Crippen LogP contribution in [0, 0.1) is 5.92 Å². The average Bonchev–Trinajstić information content (AvgIpc) is 3.29. The summed E-state index contributed by atoms with van der Waals surface area (Å²) in [6.07, 6.45) is -0.909. The van der Waals surface area contributed by atoms with Gasteiger partial charge in [-0.3, -0.25) is 20.6 Å². The van der Waals surface area contributed by atoms with E-state index in [0.717, 1.165) is 0 Å². The van der Waals surface area contributed by atoms with E-state index < -0.39 is 30.1 Å². The summed E-state index contributed by atoms with van der Waals surface area (Å²) in [5, 5.41) is 36.4. The standard InChI is InChI=1S/C20H27ClN4O5/c1-3-29-24-17-13-8-9-25(18(13)23-10-22-17)19-15(27)14(26)16(30-19)20(2,28)11-4-6-12(21)7-5-11/h4-9,13-16,18-19,23,26-28H,3,10H2,1-2H3,(H,22,24)/t13?,14-,15+,16-,18?,19+,20+/m0/s1. The third-order valence-corrected chi connectivity index (χ3v) is 6.08. The molecular formula is C20H27ClN4O5. The predicted octanol–water partition coefficient (Wildman–Crippen LogP) is 0.266. The van der Waals surface area contributed by atoms with Crippen LogP contribution >= 0.6 is 11.6 Å². The van der Waals surface area contributed by atoms with Crippen LogP contribution in [-0.4, -0.2) is 70.0 Å². The van der Waals surface area contributed by atoms with Crippen molar-refractivity contribution in [2.45, 2.75) is 50.2 Å². The van der Waals surface area contributed by atoms with Crippen molar-refractivity contribution < 1.29 is 24.9 Å². The van der Waals surface area contributed by atoms with Gasteiger partial charge < -0.3 is 25.0 Å². The minimum absolute atomic E-state index is 0.130. The Kier molecular flexibility index (Phi) is 6.04. The fourth-order valence-electron chi connectivity index (χ4n) is 4.19. The molecule has 9 nitrogen and oxygen atoms in total. The molecule has 2 unspecified atom stereocenters. The first kappa shape index (κ1) is 21.5. The smallest absolute Gasteiger partial charge is 0.160 e. The second-order valence-electron chi connectivity index (χ2n) is 7.78. The zero-order valence-electron chi connectivity index (χ0n) is 16.8. The van der Waals surface area contributed by atoms with Gasteiger partial charge in [0, 0.05) is 11.2 Å². The van der Waals surface area contributed by atoms with Gasteiger partial charge in [-0.2, -0.15) is 0 Å². The van der Waals surface area contributed by atoms with E-state index in [1.54, 1.807) is 42.3 Å². The largest absolute Gasteiger partial charge is 0.387 e. The van der Waals surface area contributed by atoms with Gasteiger partial charge in [-0.1, -0.05) is 29.8 Å². The molecule has 5 N–H and O–H groups in total. The molecule has 10 heteroatoms. The molecule has 3 heterocycles. The van der Waals surface area contributed by atoms with Crippen LogP contribution in [0.3, 0.4) is 0 Å². The summed E-state index contributed by atoms with van der Waals surface area (Å²) in [6.45, 7) is 4.29. The minimum atomic E-state index is -1.54. The summed E-state index contributed by atoms with van der Waals surface area (Å²) in [4.78, 5) is 11.5. The van der Waals surface area contributed by atoms with Gasteiger partial charge in [-0.15, -0.1) is 0 Å². The van der Waals surface area contributed by atoms with E-state index in [0.29, 0.717) is 29.7 Å². The molecule has 7 atom stereocenters. The van der Waals surface area contributed by atoms with E-state index in [4.69, 9.17) is 21.2 Å². The van der Waals surface area contributed by atoms with Crippen LogP contribution in [-0.2, 0) is 15.2 Å². The monoisotopic (exact) mass is 438 g/mol. The molecule has 1 aromatic rings. The average molecular weight is 439 g/mol. The molecule has 1 aromatic carbocycles. The number of aliphatic imine (C=N–C) groups is 1. The van der Waals surface area contributed by atoms with E-state index in [9.17, 15) is 15.3 Å². The molecule has 0 aliphatic carbocycles. The van der Waals surface area contributed by atoms with Crippen LogP contribution in [0.25, 0.3) is 0 Å². The topological polar surface area (TPSA) is 119 Å². The zero-order valence-corrected chi connectivity index (χ0v) is 17.5. The van der Waals surface area contributed by atoms with E-state index in [-0.39, 0.29) is 12.1 Å². The number of hydrogen-bond acceptors (Lipinski definition) is 9. The van der Waals surface area contributed by atoms with E-state index in [1.165, 1.54) is 0 Å². The zero-order chi connectivity index (χ0) is 21.5. The number of ether oxygens (including phenoxy) is 1. The van der Waals surface area contributed by atoms with Gasteiger partial charge in [0.05, 0.1) is 25.4 Å². The van der Waals surface area contributed by atoms with E-state index >= 15 is 0 Å². The third-order valence-electron chi connectivity index (χ3n) is 5.83. The number of amidine groups is 1. The Morgan fingerprint density at radius 3 is 2.77 bits per heavy atom. The van der Waals surface area contributed by atoms with Crippen molar-refractivity contribution in [3.05, 3.63) is 47.1 Å². The second kappa shape index (κ2) is 8.43. The number of nitrogens with zero attached hydrogens (tertiary/aromatic N) is 2. The first-order valence-electron chi connectivity index (χ1n) is 9.96. The molecule has 0 saturated carbocycles. The summed E-state index contributed by atoms with van der Waals surface area (Å²) in [5.41, 5.74) is 1.86. The number of rotatable bonds is 5. The lowest BCUT2D eigenvalue weighted by atomic mass is 9.87. The van der Waals surface area contributed by atoms with Crippen LogP contribution in [0.15, 0.2) is 41.5 Å². The molecule has 30 heavy (non-hydrogen) atoms. The SMILES string of the molecule is CCONC1=NCNC2C1C=CN2[C@@H]1O[C@H]([C@](C)(O)c2ccc(Cl)cc2)[C@@H](O)[C@H]1O. The van der Waals surface area contributed by atoms with Crippen molar-refractivity contribution in [1.29, 1.82) is 0 Å². The van der Waals surface area contributed by atoms with E-state index in [2.05, 4.69) is 15.8 Å². The molecule has 0 aromatic heterocycles. The first-order valence-corrected chi connectivity index (χ1v) is 10.3. The summed E-state index contributed by atoms with van der Waals surface area (Å²) in [5.74, 6) is 0.547. The normalized spacial score (nSPS) is 35.1. The Hall–Kier alpha value is -1.72. The number of aliphatic hydroxyl groups is 3. The molecule has 1 fully saturated rings. The quantitative estimate of drug-likeness (QED) is 0.416. The maximum atomic E-state index is 11.2. The molecule has 0 spiro atoms. The maximum Gasteiger partial charge on any atom is 0.160 e. The Morgan fingerprint density at radius 2 is 2.07 bits per heavy atom. The molecule has 1 saturated heterocycles. The highest BCUT2D eigenvalue weighted by molar-refractivity contribution is 6.30. The summed E-state index contributed by atoms with van der Waals surface area (Å²) in [7, 11) is 0. The van der Waals surface area contributed by atoms with Crippen LogP contribution in [0.4, 0.5) is 0 Å². The van der Waals surface area contributed by atoms with E-state index in [1.807, 2.05) is 13.0 Å². The van der Waals surface area contributed by atoms with Crippen molar-refractivity contribution in [1.82, 2.24) is 15.7 Å². The molecule has 0 amide bonds. The van der Waals surface area contributed by atoms with Crippen molar-refractivity contribution in [3.8, 4) is 0 Å². The number of aliphatic hydroxyl groups excluding tert-OH is 2. The van der Waals surface area contributed by atoms with Crippen LogP contribution in [0.5, 0.6) is 0 Å². The van der Waals surface area contributed by atoms with Crippen LogP contribution < -0.4 is 10.8 Å². The highest BCUT2D eigenvalue weighted by Gasteiger charge is 2.55. The molecule has 4 rings (SSSR count). The van der Waals surface area contributed by atoms with Gasteiger partial charge in [0.25, 0.3) is 0 Å². The number of nitrogens with one attached hydrogen (secondary N) is 2. The predicted molar refractivity (Wildman–Crippen MR) is 110 cm³/mol. The number of fused-ring (bicyclic) bond motifs is 1. The highest BCUT2D eigenvalue weighted by Crippen LogP contribution is 2.39. The summed E-state index contributed by atoms with van der Waals surface area (Å²) in [6, 6.07) is 6.67. The molecule has 3 aliphatic heterocycles. The Morgan fingerprint density at radius 1 is 1.33 bits per heavy atom. The van der Waals surface area contributed by atoms with Gasteiger partial charge in [-0.25, -0.2) is 0 Å². The number of hydroxylamine groups is 1. The lowest BCUT2D eigenvalue weighted by molar-refractivity contribution is -0.151. The molecular weight excluding hydrogens is 412 g/mol. The number of hydrogen-bond donors (Lipinski definition) is 5. The fraction of sp³-hybridized carbons (Fsp3) is 0.550. The highest BCUT2D eigenvalue weighted by atomic mass is 35.5. The van der Waals surface area contributed by atoms with Gasteiger partial charge in [0.2, 0.25) is 0 Å². The van der Waals surface area contributed by atoms with Gasteiger partial charge in [0.1, 0.15) is 29.7 Å². The van der Waals surface area contributed by atoms with Gasteiger partial charge in [0.15, 0.2) is 6.23 Å². The van der Waals surface area contributed by atoms with Crippen molar-refractivity contribution in [3.63, 3.8) is 0 Å². The summed E-state index contributed by atoms with van der Waals surface area (Å²) < 4.78 is 6.04. The molecule has 0 radical (unpaired) electrons. The Balaban J connectivity index is 1.52. The molecule has 0 bridgehead atoms. The van der Waals surface area contributed by atoms with Crippen LogP contribution in [0.1, 0.15) is 19.4 Å². The summed E-state index contributed by atoms with van der Waals surface area (Å²) >= 11 is 5.94. The Bertz CT molecular complexity index is 818. The maximum absolute atomic E-state index is 11.2. The number of halogens is 1. The molecule has 3 aliphatic rings. The van der Waals surface area contributed by atoms with Gasteiger partial charge in [-0.05, 0) is 31.5 Å². The second-order valence-corrected chi connectivity index (χ2v) is 8.22. The Labute approximate surface area is 179 Å². The van der Waals surface area contributed by atoms with Crippen molar-refractivity contribution in [2.24, 2.45) is 10.9 Å². The molecule has 164 valence electrons. The fourth-order valence-corrected chi connectivity index (χ4v) is 4.32. The minimum Gasteiger partial charge on any atom is -0.387 e. The lowest BCUT2D eigenvalue weighted by Crippen LogP contribution is -2.57. The third kappa shape index (κ3) is 3.71. The van der Waals surface area contributed by atoms with Crippen molar-refractivity contribution >= 4 is 17.4 Å².